The third-order valence-corrected chi connectivity index (χ3v) is 3.58. The van der Waals surface area contributed by atoms with Crippen LogP contribution in [0.2, 0.25) is 0 Å². The summed E-state index contributed by atoms with van der Waals surface area (Å²) in [5.74, 6) is 4.57. The molecule has 0 radical (unpaired) electrons. The number of carbonyl (C=O) groups is 1. The molecule has 0 aliphatic heterocycles. The van der Waals surface area contributed by atoms with Gasteiger partial charge < -0.3 is 16.3 Å². The summed E-state index contributed by atoms with van der Waals surface area (Å²) in [5.41, 5.74) is -0.0641. The first-order valence-electron chi connectivity index (χ1n) is 5.78. The maximum atomic E-state index is 11.4. The van der Waals surface area contributed by atoms with Crippen LogP contribution in [0.3, 0.4) is 0 Å². The number of unbranched alkanes of at least 4 members (excludes halogenated alkanes) is 1. The molecule has 0 bridgehead atoms. The van der Waals surface area contributed by atoms with E-state index in [1.165, 1.54) is 0 Å². The van der Waals surface area contributed by atoms with Crippen LogP contribution in [-0.2, 0) is 4.79 Å². The fourth-order valence-electron chi connectivity index (χ4n) is 2.54. The number of nitrogens with zero attached hydrogens (tertiary/aromatic N) is 1. The van der Waals surface area contributed by atoms with Crippen LogP contribution in [0.25, 0.3) is 0 Å². The quantitative estimate of drug-likeness (QED) is 0.482. The highest BCUT2D eigenvalue weighted by molar-refractivity contribution is 5.96. The molecule has 4 N–H and O–H groups in total. The second-order valence-corrected chi connectivity index (χ2v) is 4.44. The minimum atomic E-state index is -0.868. The number of aliphatic carboxylic acids is 1. The van der Waals surface area contributed by atoms with E-state index < -0.39 is 11.5 Å². The van der Waals surface area contributed by atoms with Gasteiger partial charge in [-0.1, -0.05) is 19.8 Å². The molecule has 5 nitrogen and oxygen atoms in total. The van der Waals surface area contributed by atoms with Gasteiger partial charge in [-0.3, -0.25) is 4.79 Å². The van der Waals surface area contributed by atoms with Gasteiger partial charge in [-0.15, -0.1) is 0 Å². The summed E-state index contributed by atoms with van der Waals surface area (Å²) in [4.78, 5) is 11.4. The van der Waals surface area contributed by atoms with E-state index in [0.717, 1.165) is 25.0 Å². The van der Waals surface area contributed by atoms with E-state index in [0.29, 0.717) is 12.8 Å². The van der Waals surface area contributed by atoms with Gasteiger partial charge in [0.2, 0.25) is 0 Å². The lowest BCUT2D eigenvalue weighted by Crippen LogP contribution is -2.53. The molecular formula is C11H21N3O2. The Morgan fingerprint density at radius 3 is 2.88 bits per heavy atom. The highest BCUT2D eigenvalue weighted by Crippen LogP contribution is 2.37. The zero-order valence-corrected chi connectivity index (χ0v) is 9.99. The van der Waals surface area contributed by atoms with Gasteiger partial charge in [-0.2, -0.15) is 5.10 Å². The summed E-state index contributed by atoms with van der Waals surface area (Å²) >= 11 is 0. The third-order valence-electron chi connectivity index (χ3n) is 3.58. The van der Waals surface area contributed by atoms with Gasteiger partial charge in [-0.25, -0.2) is 0 Å². The van der Waals surface area contributed by atoms with Crippen LogP contribution in [0.5, 0.6) is 0 Å². The summed E-state index contributed by atoms with van der Waals surface area (Å²) in [5, 5.41) is 16.0. The van der Waals surface area contributed by atoms with Crippen molar-refractivity contribution >= 4 is 11.7 Å². The fraction of sp³-hybridized carbons (Fsp3) is 0.818. The summed E-state index contributed by atoms with van der Waals surface area (Å²) in [6, 6.07) is 0. The largest absolute Gasteiger partial charge is 0.480 e. The average molecular weight is 227 g/mol. The first-order chi connectivity index (χ1) is 7.60. The monoisotopic (exact) mass is 227 g/mol. The summed E-state index contributed by atoms with van der Waals surface area (Å²) < 4.78 is 0. The molecule has 0 aromatic carbocycles. The molecule has 0 aromatic rings. The molecule has 1 fully saturated rings. The van der Waals surface area contributed by atoms with Gasteiger partial charge in [0.25, 0.3) is 0 Å². The molecular weight excluding hydrogens is 206 g/mol. The lowest BCUT2D eigenvalue weighted by atomic mass is 9.83. The molecule has 2 unspecified atom stereocenters. The Balaban J connectivity index is 2.88. The SMILES string of the molecule is CCCCC1CC(=NN)CC1(NC)C(=O)O. The highest BCUT2D eigenvalue weighted by Gasteiger charge is 2.50. The molecule has 0 aromatic heterocycles. The van der Waals surface area contributed by atoms with E-state index in [1.807, 2.05) is 0 Å². The second kappa shape index (κ2) is 5.30. The number of rotatable bonds is 5. The van der Waals surface area contributed by atoms with Crippen molar-refractivity contribution in [1.82, 2.24) is 5.32 Å². The fourth-order valence-corrected chi connectivity index (χ4v) is 2.54. The van der Waals surface area contributed by atoms with Crippen LogP contribution in [0.15, 0.2) is 5.10 Å². The Bertz CT molecular complexity index is 291. The van der Waals surface area contributed by atoms with Crippen molar-refractivity contribution in [2.45, 2.75) is 44.6 Å². The van der Waals surface area contributed by atoms with E-state index in [1.54, 1.807) is 7.05 Å². The van der Waals surface area contributed by atoms with E-state index in [-0.39, 0.29) is 5.92 Å². The Hall–Kier alpha value is -1.10. The third kappa shape index (κ3) is 2.19. The maximum absolute atomic E-state index is 11.4. The smallest absolute Gasteiger partial charge is 0.324 e. The van der Waals surface area contributed by atoms with E-state index >= 15 is 0 Å². The van der Waals surface area contributed by atoms with Crippen molar-refractivity contribution in [1.29, 1.82) is 0 Å². The predicted octanol–water partition coefficient (Wildman–Crippen LogP) is 0.944. The van der Waals surface area contributed by atoms with Gasteiger partial charge >= 0.3 is 5.97 Å². The lowest BCUT2D eigenvalue weighted by Gasteiger charge is -2.30. The van der Waals surface area contributed by atoms with E-state index in [2.05, 4.69) is 17.3 Å². The Morgan fingerprint density at radius 2 is 2.44 bits per heavy atom. The van der Waals surface area contributed by atoms with Crippen LogP contribution in [0, 0.1) is 5.92 Å². The van der Waals surface area contributed by atoms with Crippen LogP contribution in [-0.4, -0.2) is 29.4 Å². The number of nitrogens with two attached hydrogens (primary N) is 1. The molecule has 5 heteroatoms. The number of hydrogen-bond acceptors (Lipinski definition) is 4. The van der Waals surface area contributed by atoms with Crippen LogP contribution >= 0.6 is 0 Å². The molecule has 1 rings (SSSR count). The van der Waals surface area contributed by atoms with E-state index in [4.69, 9.17) is 5.84 Å². The molecule has 1 aliphatic rings. The van der Waals surface area contributed by atoms with Gasteiger partial charge in [-0.05, 0) is 25.8 Å². The standard InChI is InChI=1S/C11H21N3O2/c1-3-4-5-8-6-9(14-12)7-11(8,13-2)10(15)16/h8,13H,3-7,12H2,1-2H3,(H,15,16). The Kier molecular flexibility index (Phi) is 4.29. The number of carboxylic acids is 1. The van der Waals surface area contributed by atoms with Crippen molar-refractivity contribution in [2.75, 3.05) is 7.05 Å². The summed E-state index contributed by atoms with van der Waals surface area (Å²) in [7, 11) is 1.70. The Morgan fingerprint density at radius 1 is 1.75 bits per heavy atom. The topological polar surface area (TPSA) is 87.7 Å². The lowest BCUT2D eigenvalue weighted by molar-refractivity contribution is -0.146. The second-order valence-electron chi connectivity index (χ2n) is 4.44. The summed E-state index contributed by atoms with van der Waals surface area (Å²) in [6.07, 6.45) is 4.14. The van der Waals surface area contributed by atoms with Crippen LogP contribution in [0.4, 0.5) is 0 Å². The summed E-state index contributed by atoms with van der Waals surface area (Å²) in [6.45, 7) is 2.11. The minimum absolute atomic E-state index is 0.0947. The predicted molar refractivity (Wildman–Crippen MR) is 63.3 cm³/mol. The van der Waals surface area contributed by atoms with Crippen molar-refractivity contribution in [3.8, 4) is 0 Å². The first-order valence-corrected chi connectivity index (χ1v) is 5.78. The zero-order valence-electron chi connectivity index (χ0n) is 9.99. The number of nitrogens with one attached hydrogen (secondary N) is 1. The van der Waals surface area contributed by atoms with Crippen molar-refractivity contribution < 1.29 is 9.90 Å². The molecule has 1 saturated carbocycles. The number of carboxylic acid groups (broad SMARTS) is 1. The van der Waals surface area contributed by atoms with Gasteiger partial charge in [0.1, 0.15) is 5.54 Å². The Labute approximate surface area is 96.1 Å². The maximum Gasteiger partial charge on any atom is 0.324 e. The van der Waals surface area contributed by atoms with Crippen molar-refractivity contribution in [2.24, 2.45) is 16.9 Å². The molecule has 16 heavy (non-hydrogen) atoms. The average Bonchev–Trinajstić information content (AvgIpc) is 2.65. The number of likely N-dealkylation sites (N-methyl/N-ethyl adjacent to an activating group) is 1. The molecule has 0 saturated heterocycles. The minimum Gasteiger partial charge on any atom is -0.480 e. The molecule has 0 spiro atoms. The van der Waals surface area contributed by atoms with E-state index in [9.17, 15) is 9.90 Å². The molecule has 1 aliphatic carbocycles. The number of hydrazone groups is 1. The number of hydrogen-bond donors (Lipinski definition) is 3. The molecule has 92 valence electrons. The van der Waals surface area contributed by atoms with Gasteiger partial charge in [0.15, 0.2) is 0 Å². The normalized spacial score (nSPS) is 32.1. The molecule has 0 heterocycles. The van der Waals surface area contributed by atoms with Gasteiger partial charge in [0.05, 0.1) is 0 Å². The zero-order chi connectivity index (χ0) is 12.2. The van der Waals surface area contributed by atoms with Crippen LogP contribution < -0.4 is 11.2 Å². The molecule has 0 amide bonds. The van der Waals surface area contributed by atoms with Crippen LogP contribution in [0.1, 0.15) is 39.0 Å². The van der Waals surface area contributed by atoms with Crippen molar-refractivity contribution in [3.05, 3.63) is 0 Å². The first kappa shape index (κ1) is 13.0. The molecule has 2 atom stereocenters. The van der Waals surface area contributed by atoms with Crippen molar-refractivity contribution in [3.63, 3.8) is 0 Å². The van der Waals surface area contributed by atoms with Gasteiger partial charge in [0, 0.05) is 12.1 Å². The highest BCUT2D eigenvalue weighted by atomic mass is 16.4.